The van der Waals surface area contributed by atoms with Crippen LogP contribution >= 0.6 is 0 Å². The number of hydrogen-bond acceptors (Lipinski definition) is 3. The van der Waals surface area contributed by atoms with E-state index < -0.39 is 0 Å². The van der Waals surface area contributed by atoms with E-state index in [1.807, 2.05) is 24.3 Å². The Bertz CT molecular complexity index is 420. The van der Waals surface area contributed by atoms with E-state index in [0.29, 0.717) is 6.42 Å². The molecule has 1 heterocycles. The van der Waals surface area contributed by atoms with Gasteiger partial charge in [-0.15, -0.1) is 0 Å². The van der Waals surface area contributed by atoms with Crippen LogP contribution in [0.5, 0.6) is 0 Å². The van der Waals surface area contributed by atoms with Crippen LogP contribution < -0.4 is 16.0 Å². The molecule has 0 saturated heterocycles. The number of hydrogen-bond donors (Lipinski definition) is 3. The predicted molar refractivity (Wildman–Crippen MR) is 64.6 cm³/mol. The fourth-order valence-corrected chi connectivity index (χ4v) is 1.83. The van der Waals surface area contributed by atoms with Gasteiger partial charge in [-0.25, -0.2) is 0 Å². The van der Waals surface area contributed by atoms with Crippen LogP contribution in [0.15, 0.2) is 24.3 Å². The molecule has 0 aromatic heterocycles. The zero-order chi connectivity index (χ0) is 12.3. The molecule has 1 aromatic rings. The lowest BCUT2D eigenvalue weighted by atomic mass is 10.1. The van der Waals surface area contributed by atoms with E-state index in [1.165, 1.54) is 7.05 Å². The number of anilines is 1. The predicted octanol–water partition coefficient (Wildman–Crippen LogP) is -0.115. The van der Waals surface area contributed by atoms with Gasteiger partial charge in [0.15, 0.2) is 0 Å². The lowest BCUT2D eigenvalue weighted by molar-refractivity contribution is -0.126. The van der Waals surface area contributed by atoms with Gasteiger partial charge >= 0.3 is 0 Å². The van der Waals surface area contributed by atoms with Crippen LogP contribution in [-0.4, -0.2) is 31.4 Å². The van der Waals surface area contributed by atoms with Crippen molar-refractivity contribution in [3.63, 3.8) is 0 Å². The summed E-state index contributed by atoms with van der Waals surface area (Å²) >= 11 is 0. The molecule has 1 atom stereocenters. The summed E-state index contributed by atoms with van der Waals surface area (Å²) in [6.07, 6.45) is 0.662. The number of fused-ring (bicyclic) bond motifs is 1. The Labute approximate surface area is 99.6 Å². The summed E-state index contributed by atoms with van der Waals surface area (Å²) in [7, 11) is 1.54. The van der Waals surface area contributed by atoms with Crippen LogP contribution in [0.25, 0.3) is 0 Å². The van der Waals surface area contributed by atoms with Crippen LogP contribution in [0.2, 0.25) is 0 Å². The highest BCUT2D eigenvalue weighted by Gasteiger charge is 2.26. The van der Waals surface area contributed by atoms with Gasteiger partial charge in [0.25, 0.3) is 0 Å². The molecule has 1 aromatic carbocycles. The Hall–Kier alpha value is -2.04. The third kappa shape index (κ3) is 2.55. The van der Waals surface area contributed by atoms with Crippen LogP contribution in [0.3, 0.4) is 0 Å². The molecule has 90 valence electrons. The zero-order valence-electron chi connectivity index (χ0n) is 9.62. The summed E-state index contributed by atoms with van der Waals surface area (Å²) < 4.78 is 0. The Kier molecular flexibility index (Phi) is 3.27. The minimum Gasteiger partial charge on any atom is -0.373 e. The normalized spacial score (nSPS) is 16.9. The number of nitrogens with one attached hydrogen (secondary N) is 3. The molecular weight excluding hydrogens is 218 g/mol. The molecule has 5 heteroatoms. The summed E-state index contributed by atoms with van der Waals surface area (Å²) in [6.45, 7) is 0.0177. The summed E-state index contributed by atoms with van der Waals surface area (Å²) in [5.41, 5.74) is 2.13. The molecule has 0 saturated carbocycles. The SMILES string of the molecule is CNC(=O)CNC(=O)C1Cc2ccccc2N1. The van der Waals surface area contributed by atoms with Gasteiger partial charge in [-0.2, -0.15) is 0 Å². The quantitative estimate of drug-likeness (QED) is 0.682. The molecule has 1 unspecified atom stereocenters. The molecule has 2 rings (SSSR count). The van der Waals surface area contributed by atoms with Crippen molar-refractivity contribution >= 4 is 17.5 Å². The third-order valence-corrected chi connectivity index (χ3v) is 2.79. The van der Waals surface area contributed by atoms with Gasteiger partial charge in [0.2, 0.25) is 11.8 Å². The Morgan fingerprint density at radius 3 is 2.88 bits per heavy atom. The van der Waals surface area contributed by atoms with Gasteiger partial charge in [-0.3, -0.25) is 9.59 Å². The first-order valence-corrected chi connectivity index (χ1v) is 5.53. The number of rotatable bonds is 3. The third-order valence-electron chi connectivity index (χ3n) is 2.79. The smallest absolute Gasteiger partial charge is 0.243 e. The summed E-state index contributed by atoms with van der Waals surface area (Å²) in [6, 6.07) is 7.54. The van der Waals surface area contributed by atoms with E-state index in [4.69, 9.17) is 0 Å². The Morgan fingerprint density at radius 1 is 1.41 bits per heavy atom. The molecule has 1 aliphatic rings. The summed E-state index contributed by atoms with van der Waals surface area (Å²) in [5.74, 6) is -0.348. The largest absolute Gasteiger partial charge is 0.373 e. The van der Waals surface area contributed by atoms with Crippen molar-refractivity contribution in [2.45, 2.75) is 12.5 Å². The highest BCUT2D eigenvalue weighted by atomic mass is 16.2. The fourth-order valence-electron chi connectivity index (χ4n) is 1.83. The fraction of sp³-hybridized carbons (Fsp3) is 0.333. The number of likely N-dealkylation sites (N-methyl/N-ethyl adjacent to an activating group) is 1. The van der Waals surface area contributed by atoms with E-state index in [9.17, 15) is 9.59 Å². The van der Waals surface area contributed by atoms with Crippen molar-refractivity contribution in [1.29, 1.82) is 0 Å². The van der Waals surface area contributed by atoms with Crippen molar-refractivity contribution in [3.05, 3.63) is 29.8 Å². The van der Waals surface area contributed by atoms with Crippen molar-refractivity contribution in [2.75, 3.05) is 18.9 Å². The molecule has 17 heavy (non-hydrogen) atoms. The van der Waals surface area contributed by atoms with Crippen molar-refractivity contribution < 1.29 is 9.59 Å². The number of para-hydroxylation sites is 1. The Balaban J connectivity index is 1.90. The number of carbonyl (C=O) groups excluding carboxylic acids is 2. The molecule has 5 nitrogen and oxygen atoms in total. The zero-order valence-corrected chi connectivity index (χ0v) is 9.62. The van der Waals surface area contributed by atoms with Crippen LogP contribution in [0.4, 0.5) is 5.69 Å². The van der Waals surface area contributed by atoms with Crippen molar-refractivity contribution in [1.82, 2.24) is 10.6 Å². The first-order chi connectivity index (χ1) is 8.20. The van der Waals surface area contributed by atoms with Gasteiger partial charge in [0.05, 0.1) is 6.54 Å². The lowest BCUT2D eigenvalue weighted by Crippen LogP contribution is -2.42. The van der Waals surface area contributed by atoms with Crippen molar-refractivity contribution in [3.8, 4) is 0 Å². The van der Waals surface area contributed by atoms with Crippen LogP contribution in [-0.2, 0) is 16.0 Å². The first kappa shape index (κ1) is 11.4. The maximum Gasteiger partial charge on any atom is 0.243 e. The van der Waals surface area contributed by atoms with E-state index in [-0.39, 0.29) is 24.4 Å². The molecule has 0 radical (unpaired) electrons. The summed E-state index contributed by atoms with van der Waals surface area (Å²) in [5, 5.41) is 8.18. The average Bonchev–Trinajstić information content (AvgIpc) is 2.79. The monoisotopic (exact) mass is 233 g/mol. The number of carbonyl (C=O) groups is 2. The highest BCUT2D eigenvalue weighted by Crippen LogP contribution is 2.24. The maximum absolute atomic E-state index is 11.8. The molecule has 0 spiro atoms. The second-order valence-electron chi connectivity index (χ2n) is 3.95. The van der Waals surface area contributed by atoms with Gasteiger partial charge in [0.1, 0.15) is 6.04 Å². The van der Waals surface area contributed by atoms with E-state index in [0.717, 1.165) is 11.3 Å². The van der Waals surface area contributed by atoms with Crippen molar-refractivity contribution in [2.24, 2.45) is 0 Å². The molecule has 0 fully saturated rings. The summed E-state index contributed by atoms with van der Waals surface area (Å²) in [4.78, 5) is 22.8. The van der Waals surface area contributed by atoms with E-state index >= 15 is 0 Å². The minimum atomic E-state index is -0.281. The second-order valence-corrected chi connectivity index (χ2v) is 3.95. The molecule has 3 N–H and O–H groups in total. The maximum atomic E-state index is 11.8. The molecular formula is C12H15N3O2. The lowest BCUT2D eigenvalue weighted by Gasteiger charge is -2.11. The van der Waals surface area contributed by atoms with Crippen LogP contribution in [0.1, 0.15) is 5.56 Å². The molecule has 0 bridgehead atoms. The molecule has 0 aliphatic carbocycles. The second kappa shape index (κ2) is 4.86. The first-order valence-electron chi connectivity index (χ1n) is 5.53. The average molecular weight is 233 g/mol. The van der Waals surface area contributed by atoms with E-state index in [1.54, 1.807) is 0 Å². The highest BCUT2D eigenvalue weighted by molar-refractivity contribution is 5.90. The Morgan fingerprint density at radius 2 is 2.18 bits per heavy atom. The molecule has 1 aliphatic heterocycles. The van der Waals surface area contributed by atoms with Gasteiger partial charge in [0, 0.05) is 19.2 Å². The standard InChI is InChI=1S/C12H15N3O2/c1-13-11(16)7-14-12(17)10-6-8-4-2-3-5-9(8)15-10/h2-5,10,15H,6-7H2,1H3,(H,13,16)(H,14,17). The van der Waals surface area contributed by atoms with E-state index in [2.05, 4.69) is 16.0 Å². The van der Waals surface area contributed by atoms with Gasteiger partial charge in [-0.05, 0) is 11.6 Å². The minimum absolute atomic E-state index is 0.0177. The van der Waals surface area contributed by atoms with Gasteiger partial charge < -0.3 is 16.0 Å². The topological polar surface area (TPSA) is 70.2 Å². The number of amides is 2. The molecule has 2 amide bonds. The van der Waals surface area contributed by atoms with Crippen LogP contribution in [0, 0.1) is 0 Å². The van der Waals surface area contributed by atoms with Gasteiger partial charge in [-0.1, -0.05) is 18.2 Å². The number of benzene rings is 1.